The highest BCUT2D eigenvalue weighted by molar-refractivity contribution is 5.05. The summed E-state index contributed by atoms with van der Waals surface area (Å²) >= 11 is 0. The second-order valence-corrected chi connectivity index (χ2v) is 4.82. The van der Waals surface area contributed by atoms with Gasteiger partial charge in [0.05, 0.1) is 13.3 Å². The van der Waals surface area contributed by atoms with Crippen molar-refractivity contribution in [1.29, 1.82) is 0 Å². The van der Waals surface area contributed by atoms with Crippen LogP contribution in [-0.2, 0) is 4.74 Å². The molecule has 1 N–H and O–H groups in total. The van der Waals surface area contributed by atoms with E-state index in [-0.39, 0.29) is 19.3 Å². The van der Waals surface area contributed by atoms with Crippen molar-refractivity contribution in [2.24, 2.45) is 5.41 Å². The maximum atomic E-state index is 12.6. The van der Waals surface area contributed by atoms with Gasteiger partial charge in [0.25, 0.3) is 6.43 Å². The van der Waals surface area contributed by atoms with Crippen LogP contribution in [0.1, 0.15) is 19.3 Å². The van der Waals surface area contributed by atoms with Crippen molar-refractivity contribution in [1.82, 2.24) is 5.32 Å². The van der Waals surface area contributed by atoms with E-state index in [0.29, 0.717) is 6.54 Å². The molecule has 6 heteroatoms. The number of alkyl halides is 4. The number of nitrogens with one attached hydrogen (secondary N) is 1. The molecule has 2 rings (SSSR count). The smallest absolute Gasteiger partial charge is 0.264 e. The van der Waals surface area contributed by atoms with E-state index in [4.69, 9.17) is 4.74 Å². The standard InChI is InChI=1S/C10H15F4NO/c11-5-9(6-12)3-10(4-9)15-2-1-7(16-10)8(13)14/h7-8,15H,1-6H2. The van der Waals surface area contributed by atoms with Crippen LogP contribution in [0.4, 0.5) is 17.6 Å². The second-order valence-electron chi connectivity index (χ2n) is 4.82. The van der Waals surface area contributed by atoms with Gasteiger partial charge in [-0.25, -0.2) is 8.78 Å². The Labute approximate surface area is 91.3 Å². The normalized spacial score (nSPS) is 31.7. The van der Waals surface area contributed by atoms with E-state index >= 15 is 0 Å². The first-order chi connectivity index (χ1) is 7.55. The number of halogens is 4. The van der Waals surface area contributed by atoms with Gasteiger partial charge in [0.15, 0.2) is 0 Å². The summed E-state index contributed by atoms with van der Waals surface area (Å²) in [5, 5.41) is 2.95. The molecule has 1 spiro atoms. The lowest BCUT2D eigenvalue weighted by Gasteiger charge is -2.56. The third kappa shape index (κ3) is 1.93. The van der Waals surface area contributed by atoms with Gasteiger partial charge in [0, 0.05) is 24.8 Å². The van der Waals surface area contributed by atoms with Gasteiger partial charge in [-0.15, -0.1) is 0 Å². The van der Waals surface area contributed by atoms with E-state index in [1.54, 1.807) is 0 Å². The predicted molar refractivity (Wildman–Crippen MR) is 49.8 cm³/mol. The molecule has 16 heavy (non-hydrogen) atoms. The quantitative estimate of drug-likeness (QED) is 0.763. The fraction of sp³-hybridized carbons (Fsp3) is 1.00. The number of hydrogen-bond acceptors (Lipinski definition) is 2. The van der Waals surface area contributed by atoms with Gasteiger partial charge >= 0.3 is 0 Å². The molecule has 1 heterocycles. The molecular formula is C10H15F4NO. The Morgan fingerprint density at radius 2 is 1.88 bits per heavy atom. The van der Waals surface area contributed by atoms with Gasteiger partial charge in [0.2, 0.25) is 0 Å². The minimum atomic E-state index is -2.54. The van der Waals surface area contributed by atoms with Crippen molar-refractivity contribution in [2.45, 2.75) is 37.5 Å². The predicted octanol–water partition coefficient (Wildman–Crippen LogP) is 2.05. The molecule has 2 nitrogen and oxygen atoms in total. The Bertz CT molecular complexity index is 244. The van der Waals surface area contributed by atoms with Gasteiger partial charge in [-0.2, -0.15) is 0 Å². The van der Waals surface area contributed by atoms with Gasteiger partial charge in [0.1, 0.15) is 11.8 Å². The SMILES string of the molecule is FCC1(CF)CC2(C1)NCCC(C(F)F)O2. The zero-order valence-corrected chi connectivity index (χ0v) is 8.82. The van der Waals surface area contributed by atoms with E-state index in [1.165, 1.54) is 0 Å². The van der Waals surface area contributed by atoms with Crippen molar-refractivity contribution in [3.63, 3.8) is 0 Å². The van der Waals surface area contributed by atoms with Crippen molar-refractivity contribution in [3.05, 3.63) is 0 Å². The molecule has 1 unspecified atom stereocenters. The molecule has 0 aromatic rings. The largest absolute Gasteiger partial charge is 0.351 e. The van der Waals surface area contributed by atoms with Crippen LogP contribution in [0.25, 0.3) is 0 Å². The lowest BCUT2D eigenvalue weighted by Crippen LogP contribution is -2.67. The Balaban J connectivity index is 1.96. The van der Waals surface area contributed by atoms with Gasteiger partial charge < -0.3 is 4.74 Å². The summed E-state index contributed by atoms with van der Waals surface area (Å²) < 4.78 is 55.4. The van der Waals surface area contributed by atoms with Crippen molar-refractivity contribution in [2.75, 3.05) is 19.9 Å². The van der Waals surface area contributed by atoms with Crippen molar-refractivity contribution >= 4 is 0 Å². The van der Waals surface area contributed by atoms with Crippen LogP contribution in [0, 0.1) is 5.41 Å². The fourth-order valence-corrected chi connectivity index (χ4v) is 2.60. The van der Waals surface area contributed by atoms with Crippen LogP contribution >= 0.6 is 0 Å². The number of hydrogen-bond donors (Lipinski definition) is 1. The summed E-state index contributed by atoms with van der Waals surface area (Å²) in [7, 11) is 0. The molecule has 2 fully saturated rings. The van der Waals surface area contributed by atoms with E-state index in [9.17, 15) is 17.6 Å². The van der Waals surface area contributed by atoms with Crippen LogP contribution in [0.15, 0.2) is 0 Å². The van der Waals surface area contributed by atoms with Crippen molar-refractivity contribution in [3.8, 4) is 0 Å². The zero-order chi connectivity index (χ0) is 11.8. The molecule has 0 radical (unpaired) electrons. The Hall–Kier alpha value is -0.360. The summed E-state index contributed by atoms with van der Waals surface area (Å²) in [4.78, 5) is 0. The molecule has 1 aliphatic heterocycles. The van der Waals surface area contributed by atoms with Gasteiger partial charge in [-0.3, -0.25) is 14.1 Å². The number of ether oxygens (including phenoxy) is 1. The summed E-state index contributed by atoms with van der Waals surface area (Å²) in [5.74, 6) is 0. The Morgan fingerprint density at radius 3 is 2.38 bits per heavy atom. The molecule has 1 aliphatic carbocycles. The first kappa shape index (κ1) is 12.1. The van der Waals surface area contributed by atoms with Crippen LogP contribution in [0.3, 0.4) is 0 Å². The van der Waals surface area contributed by atoms with Gasteiger partial charge in [-0.1, -0.05) is 0 Å². The summed E-state index contributed by atoms with van der Waals surface area (Å²) in [6.07, 6.45) is -3.15. The third-order valence-corrected chi connectivity index (χ3v) is 3.42. The maximum absolute atomic E-state index is 12.6. The molecule has 0 bridgehead atoms. The zero-order valence-electron chi connectivity index (χ0n) is 8.82. The minimum absolute atomic E-state index is 0.135. The van der Waals surface area contributed by atoms with E-state index < -0.39 is 37.0 Å². The van der Waals surface area contributed by atoms with Crippen LogP contribution in [0.2, 0.25) is 0 Å². The highest BCUT2D eigenvalue weighted by Crippen LogP contribution is 2.51. The van der Waals surface area contributed by atoms with Gasteiger partial charge in [-0.05, 0) is 6.42 Å². The summed E-state index contributed by atoms with van der Waals surface area (Å²) in [6.45, 7) is -1.13. The molecule has 0 amide bonds. The molecule has 0 aromatic carbocycles. The maximum Gasteiger partial charge on any atom is 0.264 e. The molecule has 0 aromatic heterocycles. The van der Waals surface area contributed by atoms with Crippen LogP contribution < -0.4 is 5.32 Å². The number of rotatable bonds is 3. The summed E-state index contributed by atoms with van der Waals surface area (Å²) in [6, 6.07) is 0. The highest BCUT2D eigenvalue weighted by Gasteiger charge is 2.58. The van der Waals surface area contributed by atoms with Crippen molar-refractivity contribution < 1.29 is 22.3 Å². The second kappa shape index (κ2) is 4.14. The first-order valence-electron chi connectivity index (χ1n) is 5.38. The van der Waals surface area contributed by atoms with Crippen LogP contribution in [0.5, 0.6) is 0 Å². The topological polar surface area (TPSA) is 21.3 Å². The molecule has 1 atom stereocenters. The molecule has 1 saturated carbocycles. The molecule has 94 valence electrons. The van der Waals surface area contributed by atoms with E-state index in [2.05, 4.69) is 5.32 Å². The Morgan fingerprint density at radius 1 is 1.25 bits per heavy atom. The lowest BCUT2D eigenvalue weighted by atomic mass is 9.64. The average Bonchev–Trinajstić information content (AvgIpc) is 2.25. The average molecular weight is 241 g/mol. The molecule has 1 saturated heterocycles. The molecule has 2 aliphatic rings. The highest BCUT2D eigenvalue weighted by atomic mass is 19.3. The Kier molecular flexibility index (Phi) is 3.13. The first-order valence-corrected chi connectivity index (χ1v) is 5.38. The molecular weight excluding hydrogens is 226 g/mol. The fourth-order valence-electron chi connectivity index (χ4n) is 2.60. The third-order valence-electron chi connectivity index (χ3n) is 3.42. The lowest BCUT2D eigenvalue weighted by molar-refractivity contribution is -0.259. The van der Waals surface area contributed by atoms with Crippen LogP contribution in [-0.4, -0.2) is 38.1 Å². The minimum Gasteiger partial charge on any atom is -0.351 e. The summed E-state index contributed by atoms with van der Waals surface area (Å²) in [5.41, 5.74) is -1.94. The van der Waals surface area contributed by atoms with E-state index in [1.807, 2.05) is 0 Å². The monoisotopic (exact) mass is 241 g/mol. The van der Waals surface area contributed by atoms with E-state index in [0.717, 1.165) is 0 Å².